The minimum absolute atomic E-state index is 0.174. The maximum absolute atomic E-state index is 3.40. The highest BCUT2D eigenvalue weighted by atomic mass is 14.8. The van der Waals surface area contributed by atoms with Gasteiger partial charge in [0.15, 0.2) is 0 Å². The van der Waals surface area contributed by atoms with Gasteiger partial charge in [0, 0.05) is 11.9 Å². The first-order valence-electron chi connectivity index (χ1n) is 7.89. The molecule has 0 saturated heterocycles. The summed E-state index contributed by atoms with van der Waals surface area (Å²) in [5.41, 5.74) is 5.27. The van der Waals surface area contributed by atoms with Crippen LogP contribution in [0, 0.1) is 6.92 Å². The summed E-state index contributed by atoms with van der Waals surface area (Å²) >= 11 is 0. The van der Waals surface area contributed by atoms with E-state index in [9.17, 15) is 0 Å². The van der Waals surface area contributed by atoms with Crippen LogP contribution < -0.4 is 15.8 Å². The van der Waals surface area contributed by atoms with Crippen LogP contribution in [0.4, 0.5) is 5.69 Å². The molecule has 0 atom stereocenters. The highest BCUT2D eigenvalue weighted by Crippen LogP contribution is 2.19. The van der Waals surface area contributed by atoms with Gasteiger partial charge in [0.25, 0.3) is 0 Å². The Hall–Kier alpha value is -2.02. The number of benzene rings is 2. The van der Waals surface area contributed by atoms with Gasteiger partial charge in [-0.1, -0.05) is 62.2 Å². The van der Waals surface area contributed by atoms with Crippen LogP contribution in [-0.4, -0.2) is 0 Å². The highest BCUT2D eigenvalue weighted by Gasteiger charge is 2.13. The van der Waals surface area contributed by atoms with E-state index in [1.165, 1.54) is 27.1 Å². The summed E-state index contributed by atoms with van der Waals surface area (Å²) in [7, 11) is 0. The van der Waals surface area contributed by atoms with E-state index < -0.39 is 0 Å². The van der Waals surface area contributed by atoms with Crippen molar-refractivity contribution in [3.05, 3.63) is 64.0 Å². The lowest BCUT2D eigenvalue weighted by Crippen LogP contribution is -2.29. The van der Waals surface area contributed by atoms with Crippen LogP contribution in [-0.2, 0) is 5.41 Å². The van der Waals surface area contributed by atoms with Crippen molar-refractivity contribution in [1.82, 2.24) is 0 Å². The van der Waals surface area contributed by atoms with E-state index in [4.69, 9.17) is 0 Å². The molecule has 0 unspecified atom stereocenters. The molecule has 0 aliphatic rings. The Morgan fingerprint density at radius 2 is 1.59 bits per heavy atom. The van der Waals surface area contributed by atoms with Crippen LogP contribution in [0.5, 0.6) is 0 Å². The number of aryl methyl sites for hydroxylation is 1. The smallest absolute Gasteiger partial charge is 0.0380 e. The first-order valence-corrected chi connectivity index (χ1v) is 7.89. The fraction of sp³-hybridized carbons (Fsp3) is 0.333. The molecule has 0 aromatic heterocycles. The minimum Gasteiger partial charge on any atom is -0.361 e. The number of hydrogen-bond acceptors (Lipinski definition) is 1. The number of rotatable bonds is 2. The van der Waals surface area contributed by atoms with Gasteiger partial charge in [-0.2, -0.15) is 0 Å². The summed E-state index contributed by atoms with van der Waals surface area (Å²) < 4.78 is 0. The molecule has 0 spiro atoms. The molecule has 0 saturated carbocycles. The number of anilines is 1. The monoisotopic (exact) mass is 293 g/mol. The van der Waals surface area contributed by atoms with E-state index in [1.807, 2.05) is 0 Å². The molecule has 1 heteroatoms. The molecule has 2 rings (SSSR count). The molecule has 22 heavy (non-hydrogen) atoms. The Balaban J connectivity index is 2.45. The standard InChI is InChI=1S/C21H27N/c1-15(2)20-13-18(21(4,5)6)10-9-17(20)14-22-19-11-7-16(3)8-12-19/h7-14,22H,1-6H3/b17-14+. The van der Waals surface area contributed by atoms with Gasteiger partial charge in [0.1, 0.15) is 0 Å². The van der Waals surface area contributed by atoms with Crippen molar-refractivity contribution in [1.29, 1.82) is 0 Å². The molecule has 0 aliphatic carbocycles. The summed E-state index contributed by atoms with van der Waals surface area (Å²) in [6.45, 7) is 13.2. The second kappa shape index (κ2) is 6.39. The molecular formula is C21H27N. The largest absolute Gasteiger partial charge is 0.361 e. The zero-order valence-corrected chi connectivity index (χ0v) is 14.6. The zero-order valence-electron chi connectivity index (χ0n) is 14.6. The van der Waals surface area contributed by atoms with Gasteiger partial charge in [0.2, 0.25) is 0 Å². The summed E-state index contributed by atoms with van der Waals surface area (Å²) in [6, 6.07) is 15.2. The fourth-order valence-electron chi connectivity index (χ4n) is 2.39. The zero-order chi connectivity index (χ0) is 16.3. The maximum Gasteiger partial charge on any atom is 0.0380 e. The maximum atomic E-state index is 3.40. The van der Waals surface area contributed by atoms with Gasteiger partial charge >= 0.3 is 0 Å². The topological polar surface area (TPSA) is 12.0 Å². The average Bonchev–Trinajstić information content (AvgIpc) is 2.45. The molecule has 116 valence electrons. The molecular weight excluding hydrogens is 266 g/mol. The molecule has 1 N–H and O–H groups in total. The van der Waals surface area contributed by atoms with Crippen LogP contribution in [0.3, 0.4) is 0 Å². The van der Waals surface area contributed by atoms with Crippen molar-refractivity contribution < 1.29 is 0 Å². The van der Waals surface area contributed by atoms with E-state index in [0.717, 1.165) is 5.69 Å². The Kier molecular flexibility index (Phi) is 4.75. The lowest BCUT2D eigenvalue weighted by molar-refractivity contribution is 0.589. The third-order valence-corrected chi connectivity index (χ3v) is 3.90. The summed E-state index contributed by atoms with van der Waals surface area (Å²) in [4.78, 5) is 0. The molecule has 2 aromatic rings. The average molecular weight is 293 g/mol. The van der Waals surface area contributed by atoms with E-state index in [1.54, 1.807) is 0 Å². The van der Waals surface area contributed by atoms with Gasteiger partial charge < -0.3 is 5.32 Å². The van der Waals surface area contributed by atoms with E-state index >= 15 is 0 Å². The molecule has 0 bridgehead atoms. The van der Waals surface area contributed by atoms with Crippen LogP contribution in [0.2, 0.25) is 0 Å². The van der Waals surface area contributed by atoms with Gasteiger partial charge in [-0.15, -0.1) is 0 Å². The van der Waals surface area contributed by atoms with Gasteiger partial charge in [-0.25, -0.2) is 0 Å². The van der Waals surface area contributed by atoms with Crippen LogP contribution >= 0.6 is 0 Å². The predicted molar refractivity (Wildman–Crippen MR) is 98.4 cm³/mol. The van der Waals surface area contributed by atoms with E-state index in [0.29, 0.717) is 0 Å². The summed E-state index contributed by atoms with van der Waals surface area (Å²) in [6.07, 6.45) is 2.10. The quantitative estimate of drug-likeness (QED) is 0.869. The molecule has 0 radical (unpaired) electrons. The predicted octanol–water partition coefficient (Wildman–Crippen LogP) is 4.33. The minimum atomic E-state index is 0.174. The van der Waals surface area contributed by atoms with Crippen LogP contribution in [0.15, 0.2) is 42.5 Å². The first-order chi connectivity index (χ1) is 10.3. The molecule has 0 fully saturated rings. The lowest BCUT2D eigenvalue weighted by atomic mass is 9.86. The van der Waals surface area contributed by atoms with Crippen LogP contribution in [0.25, 0.3) is 11.8 Å². The normalized spacial score (nSPS) is 12.4. The molecule has 1 nitrogen and oxygen atoms in total. The van der Waals surface area contributed by atoms with Crippen molar-refractivity contribution in [2.75, 3.05) is 5.32 Å². The molecule has 0 amide bonds. The summed E-state index contributed by atoms with van der Waals surface area (Å²) in [5.74, 6) is 0. The number of nitrogens with one attached hydrogen (secondary N) is 1. The van der Waals surface area contributed by atoms with Gasteiger partial charge in [-0.05, 0) is 54.3 Å². The van der Waals surface area contributed by atoms with Crippen LogP contribution in [0.1, 0.15) is 45.7 Å². The van der Waals surface area contributed by atoms with Gasteiger partial charge in [0.05, 0.1) is 0 Å². The second-order valence-corrected chi connectivity index (χ2v) is 7.21. The van der Waals surface area contributed by atoms with Crippen molar-refractivity contribution in [3.8, 4) is 0 Å². The first kappa shape index (κ1) is 16.4. The van der Waals surface area contributed by atoms with Gasteiger partial charge in [-0.3, -0.25) is 0 Å². The third-order valence-electron chi connectivity index (χ3n) is 3.90. The number of hydrogen-bond donors (Lipinski definition) is 1. The SMILES string of the molecule is CC(C)=c1cc(C(C)(C)C)cc/c1=C\Nc1ccc(C)cc1. The van der Waals surface area contributed by atoms with Crippen molar-refractivity contribution >= 4 is 17.5 Å². The Morgan fingerprint density at radius 1 is 0.955 bits per heavy atom. The molecule has 2 aromatic carbocycles. The van der Waals surface area contributed by atoms with E-state index in [-0.39, 0.29) is 5.41 Å². The van der Waals surface area contributed by atoms with E-state index in [2.05, 4.69) is 95.5 Å². The van der Waals surface area contributed by atoms with Crippen molar-refractivity contribution in [2.24, 2.45) is 0 Å². The fourth-order valence-corrected chi connectivity index (χ4v) is 2.39. The van der Waals surface area contributed by atoms with Crippen molar-refractivity contribution in [3.63, 3.8) is 0 Å². The Morgan fingerprint density at radius 3 is 2.14 bits per heavy atom. The second-order valence-electron chi connectivity index (χ2n) is 7.21. The molecule has 0 aliphatic heterocycles. The summed E-state index contributed by atoms with van der Waals surface area (Å²) in [5, 5.41) is 5.95. The Labute approximate surface area is 134 Å². The van der Waals surface area contributed by atoms with Crippen molar-refractivity contribution in [2.45, 2.75) is 47.0 Å². The third kappa shape index (κ3) is 4.00. The Bertz CT molecular complexity index is 755. The molecule has 0 heterocycles. The highest BCUT2D eigenvalue weighted by molar-refractivity contribution is 5.56. The lowest BCUT2D eigenvalue weighted by Gasteiger charge is -2.19.